The molecule has 0 N–H and O–H groups in total. The molecule has 11 heteroatoms. The Morgan fingerprint density at radius 3 is 2.52 bits per heavy atom. The lowest BCUT2D eigenvalue weighted by atomic mass is 9.75. The van der Waals surface area contributed by atoms with Crippen molar-refractivity contribution in [3.8, 4) is 5.75 Å². The maximum absolute atomic E-state index is 13.4. The van der Waals surface area contributed by atoms with Crippen LogP contribution in [-0.2, 0) is 35.0 Å². The summed E-state index contributed by atoms with van der Waals surface area (Å²) in [5.74, 6) is -2.25. The number of aryl methyl sites for hydroxylation is 1. The van der Waals surface area contributed by atoms with E-state index in [2.05, 4.69) is 17.1 Å². The molecule has 3 atom stereocenters. The second kappa shape index (κ2) is 17.6. The fraction of sp³-hybridized carbons (Fsp3) is 0.514. The summed E-state index contributed by atoms with van der Waals surface area (Å²) in [6.45, 7) is 7.10. The molecule has 11 nitrogen and oxygen atoms in total. The summed E-state index contributed by atoms with van der Waals surface area (Å²) >= 11 is 0. The Labute approximate surface area is 270 Å². The summed E-state index contributed by atoms with van der Waals surface area (Å²) < 4.78 is 28.2. The molecule has 1 fully saturated rings. The zero-order valence-electron chi connectivity index (χ0n) is 26.9. The third-order valence-corrected chi connectivity index (χ3v) is 8.04. The largest absolute Gasteiger partial charge is 0.493 e. The molecule has 0 bridgehead atoms. The Balaban J connectivity index is 1.27. The number of non-ortho nitro benzene ring substituents is 1. The molecule has 2 aliphatic rings. The van der Waals surface area contributed by atoms with E-state index in [4.69, 9.17) is 23.7 Å². The van der Waals surface area contributed by atoms with E-state index < -0.39 is 28.7 Å². The highest BCUT2D eigenvalue weighted by atomic mass is 16.7. The molecular weight excluding hydrogens is 592 g/mol. The monoisotopic (exact) mass is 636 g/mol. The van der Waals surface area contributed by atoms with Gasteiger partial charge in [-0.15, -0.1) is 0 Å². The number of nitrogens with zero attached hydrogens (tertiary/aromatic N) is 2. The predicted octanol–water partition coefficient (Wildman–Crippen LogP) is 6.48. The second-order valence-electron chi connectivity index (χ2n) is 11.4. The first-order chi connectivity index (χ1) is 22.3. The van der Waals surface area contributed by atoms with Gasteiger partial charge >= 0.3 is 11.9 Å². The normalized spacial score (nSPS) is 19.7. The van der Waals surface area contributed by atoms with Gasteiger partial charge in [0.05, 0.1) is 30.3 Å². The minimum Gasteiger partial charge on any atom is -0.493 e. The van der Waals surface area contributed by atoms with Gasteiger partial charge in [0.2, 0.25) is 0 Å². The van der Waals surface area contributed by atoms with Gasteiger partial charge in [-0.25, -0.2) is 4.79 Å². The fourth-order valence-corrected chi connectivity index (χ4v) is 5.76. The first-order valence-corrected chi connectivity index (χ1v) is 16.1. The average Bonchev–Trinajstić information content (AvgIpc) is 3.05. The smallest absolute Gasteiger partial charge is 0.336 e. The number of aliphatic imine (C=N–C) groups is 1. The van der Waals surface area contributed by atoms with Crippen LogP contribution < -0.4 is 4.74 Å². The first kappa shape index (κ1) is 34.8. The van der Waals surface area contributed by atoms with Gasteiger partial charge in [0.15, 0.2) is 6.29 Å². The van der Waals surface area contributed by atoms with E-state index in [1.807, 2.05) is 12.1 Å². The maximum atomic E-state index is 13.4. The van der Waals surface area contributed by atoms with Crippen LogP contribution in [0.2, 0.25) is 0 Å². The van der Waals surface area contributed by atoms with Crippen LogP contribution in [0.1, 0.15) is 76.3 Å². The van der Waals surface area contributed by atoms with Gasteiger partial charge in [0.25, 0.3) is 5.69 Å². The van der Waals surface area contributed by atoms with E-state index in [1.54, 1.807) is 26.8 Å². The van der Waals surface area contributed by atoms with Crippen LogP contribution in [0.15, 0.2) is 64.8 Å². The molecule has 2 aliphatic heterocycles. The number of hydrogen-bond acceptors (Lipinski definition) is 10. The standard InChI is InChI=1S/C35H44N2O9/c1-4-42-34(38)31-24(2)36-25(3)32(33(31)27-12-9-13-28(23-27)37(40)41)35(39)46-22-10-21-43-29-17-15-26(16-18-29)11-5-7-19-44-30-14-6-8-20-45-30/h9,12-13,15-18,23,30-31,33H,4-8,10-11,14,19-22H2,1-3H3. The van der Waals surface area contributed by atoms with Crippen molar-refractivity contribution in [3.63, 3.8) is 0 Å². The Morgan fingerprint density at radius 2 is 1.80 bits per heavy atom. The zero-order chi connectivity index (χ0) is 32.9. The van der Waals surface area contributed by atoms with Crippen molar-refractivity contribution in [2.24, 2.45) is 10.9 Å². The summed E-state index contributed by atoms with van der Waals surface area (Å²) in [6.07, 6.45) is 6.64. The van der Waals surface area contributed by atoms with Gasteiger partial charge in [-0.05, 0) is 82.6 Å². The number of rotatable bonds is 16. The molecule has 0 spiro atoms. The third kappa shape index (κ3) is 9.70. The zero-order valence-corrected chi connectivity index (χ0v) is 26.9. The van der Waals surface area contributed by atoms with Crippen LogP contribution in [-0.4, -0.2) is 61.9 Å². The van der Waals surface area contributed by atoms with Crippen molar-refractivity contribution in [1.29, 1.82) is 0 Å². The number of hydrogen-bond donors (Lipinski definition) is 0. The minimum absolute atomic E-state index is 0.0401. The molecule has 0 amide bonds. The molecule has 3 unspecified atom stereocenters. The van der Waals surface area contributed by atoms with E-state index in [0.29, 0.717) is 36.6 Å². The van der Waals surface area contributed by atoms with Crippen molar-refractivity contribution in [1.82, 2.24) is 0 Å². The third-order valence-electron chi connectivity index (χ3n) is 8.04. The highest BCUT2D eigenvalue weighted by molar-refractivity contribution is 6.07. The van der Waals surface area contributed by atoms with Gasteiger partial charge in [0, 0.05) is 49.1 Å². The summed E-state index contributed by atoms with van der Waals surface area (Å²) in [5.41, 5.74) is 2.54. The van der Waals surface area contributed by atoms with Crippen LogP contribution in [0.25, 0.3) is 0 Å². The number of benzene rings is 2. The molecule has 2 aromatic carbocycles. The van der Waals surface area contributed by atoms with Crippen molar-refractivity contribution in [3.05, 3.63) is 81.0 Å². The lowest BCUT2D eigenvalue weighted by Crippen LogP contribution is -2.36. The number of nitro groups is 1. The predicted molar refractivity (Wildman–Crippen MR) is 172 cm³/mol. The second-order valence-corrected chi connectivity index (χ2v) is 11.4. The summed E-state index contributed by atoms with van der Waals surface area (Å²) in [7, 11) is 0. The maximum Gasteiger partial charge on any atom is 0.336 e. The number of ether oxygens (including phenoxy) is 5. The molecule has 2 heterocycles. The Kier molecular flexibility index (Phi) is 13.3. The highest BCUT2D eigenvalue weighted by Gasteiger charge is 2.42. The highest BCUT2D eigenvalue weighted by Crippen LogP contribution is 2.41. The Morgan fingerprint density at radius 1 is 1.00 bits per heavy atom. The topological polar surface area (TPSA) is 136 Å². The molecule has 4 rings (SSSR count). The van der Waals surface area contributed by atoms with Crippen molar-refractivity contribution in [2.75, 3.05) is 33.0 Å². The molecule has 248 valence electrons. The summed E-state index contributed by atoms with van der Waals surface area (Å²) in [6, 6.07) is 13.9. The molecule has 0 radical (unpaired) electrons. The molecule has 46 heavy (non-hydrogen) atoms. The molecule has 0 aliphatic carbocycles. The number of carbonyl (C=O) groups excluding carboxylic acids is 2. The summed E-state index contributed by atoms with van der Waals surface area (Å²) in [4.78, 5) is 41.9. The van der Waals surface area contributed by atoms with Gasteiger partial charge in [-0.3, -0.25) is 19.9 Å². The number of nitro benzene ring substituents is 1. The van der Waals surface area contributed by atoms with Crippen LogP contribution >= 0.6 is 0 Å². The number of unbranched alkanes of at least 4 members (excludes halogenated alkanes) is 1. The fourth-order valence-electron chi connectivity index (χ4n) is 5.76. The van der Waals surface area contributed by atoms with Crippen molar-refractivity contribution < 1.29 is 38.2 Å². The SMILES string of the molecule is CCOC(=O)C1C(C)=NC(C)=C(C(=O)OCCCOc2ccc(CCCCOC3CCCCO3)cc2)C1c1cccc([N+](=O)[O-])c1. The average molecular weight is 637 g/mol. The van der Waals surface area contributed by atoms with Gasteiger partial charge < -0.3 is 23.7 Å². The van der Waals surface area contributed by atoms with E-state index in [9.17, 15) is 19.7 Å². The van der Waals surface area contributed by atoms with Crippen LogP contribution in [0.3, 0.4) is 0 Å². The lowest BCUT2D eigenvalue weighted by Gasteiger charge is -2.31. The Hall–Kier alpha value is -4.09. The minimum atomic E-state index is -0.927. The van der Waals surface area contributed by atoms with E-state index in [0.717, 1.165) is 44.5 Å². The van der Waals surface area contributed by atoms with Gasteiger partial charge in [-0.1, -0.05) is 24.3 Å². The van der Waals surface area contributed by atoms with Crippen molar-refractivity contribution in [2.45, 2.75) is 77.9 Å². The number of allylic oxidation sites excluding steroid dienone is 1. The summed E-state index contributed by atoms with van der Waals surface area (Å²) in [5, 5.41) is 11.5. The molecule has 0 saturated carbocycles. The lowest BCUT2D eigenvalue weighted by molar-refractivity contribution is -0.384. The molecule has 1 saturated heterocycles. The van der Waals surface area contributed by atoms with Gasteiger partial charge in [-0.2, -0.15) is 0 Å². The van der Waals surface area contributed by atoms with E-state index in [1.165, 1.54) is 30.2 Å². The van der Waals surface area contributed by atoms with Crippen molar-refractivity contribution >= 4 is 23.3 Å². The van der Waals surface area contributed by atoms with Gasteiger partial charge in [0.1, 0.15) is 11.7 Å². The van der Waals surface area contributed by atoms with E-state index in [-0.39, 0.29) is 30.8 Å². The number of esters is 2. The van der Waals surface area contributed by atoms with Crippen LogP contribution in [0, 0.1) is 16.0 Å². The van der Waals surface area contributed by atoms with E-state index >= 15 is 0 Å². The number of carbonyl (C=O) groups is 2. The Bertz CT molecular complexity index is 1400. The molecule has 0 aromatic heterocycles. The quantitative estimate of drug-likeness (QED) is 0.0877. The molecular formula is C35H44N2O9. The first-order valence-electron chi connectivity index (χ1n) is 16.1. The van der Waals surface area contributed by atoms with Crippen LogP contribution in [0.4, 0.5) is 5.69 Å². The molecule has 2 aromatic rings. The van der Waals surface area contributed by atoms with Crippen LogP contribution in [0.5, 0.6) is 5.75 Å².